The molecule has 1 aromatic heterocycles. The van der Waals surface area contributed by atoms with Crippen molar-refractivity contribution in [2.75, 3.05) is 7.11 Å². The average molecular weight is 324 g/mol. The topological polar surface area (TPSA) is 63.8 Å². The summed E-state index contributed by atoms with van der Waals surface area (Å²) in [5.74, 6) is 2.25. The number of amidine groups is 1. The number of nitrogens with one attached hydrogen (secondary N) is 1. The Hall–Kier alpha value is -2.82. The predicted molar refractivity (Wildman–Crippen MR) is 93.0 cm³/mol. The Balaban J connectivity index is 1.75. The Kier molecular flexibility index (Phi) is 4.79. The highest BCUT2D eigenvalue weighted by Crippen LogP contribution is 2.22. The fraction of sp³-hybridized carbons (Fsp3) is 0.263. The third-order valence-corrected chi connectivity index (χ3v) is 3.92. The third-order valence-electron chi connectivity index (χ3n) is 3.92. The van der Waals surface area contributed by atoms with Crippen LogP contribution in [0.25, 0.3) is 6.08 Å². The number of methoxy groups -OCH3 is 1. The quantitative estimate of drug-likeness (QED) is 0.829. The largest absolute Gasteiger partial charge is 0.496 e. The number of amides is 1. The van der Waals surface area contributed by atoms with Gasteiger partial charge in [0, 0.05) is 12.8 Å². The van der Waals surface area contributed by atoms with Gasteiger partial charge in [0.25, 0.3) is 5.91 Å². The zero-order valence-corrected chi connectivity index (χ0v) is 13.8. The van der Waals surface area contributed by atoms with Gasteiger partial charge in [-0.15, -0.1) is 0 Å². The van der Waals surface area contributed by atoms with Crippen LogP contribution in [0.15, 0.2) is 51.7 Å². The smallest absolute Gasteiger partial charge is 0.275 e. The van der Waals surface area contributed by atoms with E-state index >= 15 is 0 Å². The van der Waals surface area contributed by atoms with Crippen molar-refractivity contribution < 1.29 is 13.9 Å². The number of carbonyl (C=O) groups is 1. The SMILES string of the molecule is CCc1cc(/C=C2/N=C(CCc3ccco3)NC2=O)ccc1OC. The molecular weight excluding hydrogens is 304 g/mol. The van der Waals surface area contributed by atoms with E-state index in [1.54, 1.807) is 19.4 Å². The molecule has 1 N–H and O–H groups in total. The summed E-state index contributed by atoms with van der Waals surface area (Å²) in [5.41, 5.74) is 2.47. The first-order valence-corrected chi connectivity index (χ1v) is 7.99. The molecule has 3 rings (SSSR count). The van der Waals surface area contributed by atoms with Crippen molar-refractivity contribution in [1.82, 2.24) is 5.32 Å². The lowest BCUT2D eigenvalue weighted by Crippen LogP contribution is -2.24. The maximum Gasteiger partial charge on any atom is 0.275 e. The van der Waals surface area contributed by atoms with Crippen LogP contribution in [0.1, 0.15) is 30.2 Å². The minimum absolute atomic E-state index is 0.168. The standard InChI is InChI=1S/C19H20N2O3/c1-3-14-11-13(6-8-17(14)23-2)12-16-19(22)21-18(20-16)9-7-15-5-4-10-24-15/h4-6,8,10-12H,3,7,9H2,1-2H3,(H,20,21,22)/b16-12+. The highest BCUT2D eigenvalue weighted by molar-refractivity contribution is 6.14. The molecule has 1 aromatic carbocycles. The summed E-state index contributed by atoms with van der Waals surface area (Å²) in [6.45, 7) is 2.07. The summed E-state index contributed by atoms with van der Waals surface area (Å²) in [6, 6.07) is 9.63. The van der Waals surface area contributed by atoms with Crippen molar-refractivity contribution >= 4 is 17.8 Å². The van der Waals surface area contributed by atoms with E-state index in [-0.39, 0.29) is 5.91 Å². The molecule has 24 heavy (non-hydrogen) atoms. The number of nitrogens with zero attached hydrogens (tertiary/aromatic N) is 1. The van der Waals surface area contributed by atoms with Gasteiger partial charge in [0.1, 0.15) is 23.0 Å². The van der Waals surface area contributed by atoms with E-state index in [9.17, 15) is 4.79 Å². The number of aryl methyl sites for hydroxylation is 2. The van der Waals surface area contributed by atoms with Crippen molar-refractivity contribution in [3.05, 3.63) is 59.2 Å². The van der Waals surface area contributed by atoms with Crippen LogP contribution in [0.5, 0.6) is 5.75 Å². The van der Waals surface area contributed by atoms with Gasteiger partial charge in [-0.1, -0.05) is 13.0 Å². The van der Waals surface area contributed by atoms with E-state index in [1.165, 1.54) is 0 Å². The van der Waals surface area contributed by atoms with Gasteiger partial charge in [-0.05, 0) is 47.9 Å². The number of benzene rings is 1. The second-order valence-corrected chi connectivity index (χ2v) is 5.55. The van der Waals surface area contributed by atoms with Crippen LogP contribution in [-0.2, 0) is 17.6 Å². The molecule has 0 bridgehead atoms. The fourth-order valence-electron chi connectivity index (χ4n) is 2.65. The Morgan fingerprint density at radius 2 is 2.17 bits per heavy atom. The molecule has 0 radical (unpaired) electrons. The molecule has 0 saturated heterocycles. The van der Waals surface area contributed by atoms with Gasteiger partial charge < -0.3 is 14.5 Å². The molecule has 124 valence electrons. The van der Waals surface area contributed by atoms with Crippen LogP contribution in [0.2, 0.25) is 0 Å². The van der Waals surface area contributed by atoms with Crippen LogP contribution >= 0.6 is 0 Å². The van der Waals surface area contributed by atoms with Crippen molar-refractivity contribution in [2.45, 2.75) is 26.2 Å². The van der Waals surface area contributed by atoms with Crippen molar-refractivity contribution in [1.29, 1.82) is 0 Å². The lowest BCUT2D eigenvalue weighted by molar-refractivity contribution is -0.115. The van der Waals surface area contributed by atoms with Crippen molar-refractivity contribution in [2.24, 2.45) is 4.99 Å². The number of hydrogen-bond donors (Lipinski definition) is 1. The molecule has 0 saturated carbocycles. The fourth-order valence-corrected chi connectivity index (χ4v) is 2.65. The molecule has 0 fully saturated rings. The summed E-state index contributed by atoms with van der Waals surface area (Å²) in [7, 11) is 1.66. The number of rotatable bonds is 6. The minimum Gasteiger partial charge on any atom is -0.496 e. The Morgan fingerprint density at radius 1 is 1.29 bits per heavy atom. The molecule has 5 nitrogen and oxygen atoms in total. The van der Waals surface area contributed by atoms with Gasteiger partial charge >= 0.3 is 0 Å². The molecule has 1 aliphatic rings. The molecule has 0 aliphatic carbocycles. The van der Waals surface area contributed by atoms with E-state index in [0.717, 1.165) is 29.1 Å². The number of aliphatic imine (C=N–C) groups is 1. The molecule has 0 atom stereocenters. The van der Waals surface area contributed by atoms with E-state index in [2.05, 4.69) is 17.2 Å². The molecule has 1 amide bonds. The Bertz CT molecular complexity index is 789. The first kappa shape index (κ1) is 16.1. The van der Waals surface area contributed by atoms with Crippen LogP contribution in [0.4, 0.5) is 0 Å². The third kappa shape index (κ3) is 3.56. The summed E-state index contributed by atoms with van der Waals surface area (Å²) >= 11 is 0. The zero-order chi connectivity index (χ0) is 16.9. The predicted octanol–water partition coefficient (Wildman–Crippen LogP) is 3.35. The van der Waals surface area contributed by atoms with E-state index < -0.39 is 0 Å². The zero-order valence-electron chi connectivity index (χ0n) is 13.8. The molecular formula is C19H20N2O3. The van der Waals surface area contributed by atoms with Crippen molar-refractivity contribution in [3.63, 3.8) is 0 Å². The van der Waals surface area contributed by atoms with Crippen LogP contribution < -0.4 is 10.1 Å². The van der Waals surface area contributed by atoms with E-state index in [1.807, 2.05) is 30.3 Å². The van der Waals surface area contributed by atoms with E-state index in [4.69, 9.17) is 9.15 Å². The lowest BCUT2D eigenvalue weighted by atomic mass is 10.1. The minimum atomic E-state index is -0.168. The lowest BCUT2D eigenvalue weighted by Gasteiger charge is -2.07. The molecule has 0 unspecified atom stereocenters. The highest BCUT2D eigenvalue weighted by atomic mass is 16.5. The molecule has 0 spiro atoms. The number of hydrogen-bond acceptors (Lipinski definition) is 4. The maximum atomic E-state index is 12.1. The Labute approximate surface area is 141 Å². The van der Waals surface area contributed by atoms with Crippen LogP contribution in [0, 0.1) is 0 Å². The second kappa shape index (κ2) is 7.17. The summed E-state index contributed by atoms with van der Waals surface area (Å²) in [4.78, 5) is 16.5. The van der Waals surface area contributed by atoms with Gasteiger partial charge in [-0.2, -0.15) is 0 Å². The van der Waals surface area contributed by atoms with Gasteiger partial charge in [0.15, 0.2) is 0 Å². The highest BCUT2D eigenvalue weighted by Gasteiger charge is 2.20. The van der Waals surface area contributed by atoms with Crippen LogP contribution in [-0.4, -0.2) is 18.9 Å². The van der Waals surface area contributed by atoms with Crippen LogP contribution in [0.3, 0.4) is 0 Å². The Morgan fingerprint density at radius 3 is 2.88 bits per heavy atom. The maximum absolute atomic E-state index is 12.1. The van der Waals surface area contributed by atoms with Gasteiger partial charge in [-0.3, -0.25) is 4.79 Å². The normalized spacial score (nSPS) is 15.5. The van der Waals surface area contributed by atoms with Gasteiger partial charge in [0.2, 0.25) is 0 Å². The second-order valence-electron chi connectivity index (χ2n) is 5.55. The first-order chi connectivity index (χ1) is 11.7. The van der Waals surface area contributed by atoms with Gasteiger partial charge in [-0.25, -0.2) is 4.99 Å². The summed E-state index contributed by atoms with van der Waals surface area (Å²) in [5, 5.41) is 2.81. The monoisotopic (exact) mass is 324 g/mol. The number of carbonyl (C=O) groups excluding carboxylic acids is 1. The summed E-state index contributed by atoms with van der Waals surface area (Å²) in [6.07, 6.45) is 5.66. The summed E-state index contributed by atoms with van der Waals surface area (Å²) < 4.78 is 10.6. The molecule has 2 aromatic rings. The molecule has 5 heteroatoms. The molecule has 1 aliphatic heterocycles. The number of ether oxygens (including phenoxy) is 1. The number of furan rings is 1. The van der Waals surface area contributed by atoms with E-state index in [0.29, 0.717) is 24.4 Å². The van der Waals surface area contributed by atoms with Gasteiger partial charge in [0.05, 0.1) is 13.4 Å². The molecule has 2 heterocycles. The average Bonchev–Trinajstić information content (AvgIpc) is 3.23. The first-order valence-electron chi connectivity index (χ1n) is 7.99. The van der Waals surface area contributed by atoms with Crippen molar-refractivity contribution in [3.8, 4) is 5.75 Å².